The van der Waals surface area contributed by atoms with E-state index in [1.165, 1.54) is 22.3 Å². The van der Waals surface area contributed by atoms with E-state index in [0.717, 1.165) is 0 Å². The average Bonchev–Trinajstić information content (AvgIpc) is 2.71. The molecule has 0 nitrogen and oxygen atoms in total. The third kappa shape index (κ3) is 9.88. The van der Waals surface area contributed by atoms with Crippen LogP contribution in [0, 0.1) is 0 Å². The molecule has 0 saturated carbocycles. The Hall–Kier alpha value is -0.398. The fourth-order valence-electron chi connectivity index (χ4n) is 2.52. The van der Waals surface area contributed by atoms with Crippen molar-refractivity contribution in [1.82, 2.24) is 0 Å². The van der Waals surface area contributed by atoms with E-state index in [0.29, 0.717) is 0 Å². The minimum Gasteiger partial charge on any atom is -1.00 e. The van der Waals surface area contributed by atoms with Gasteiger partial charge in [-0.25, -0.2) is 0 Å². The molecular formula is C24H20CrI3. The Labute approximate surface area is 230 Å². The first-order chi connectivity index (χ1) is 11.9. The van der Waals surface area contributed by atoms with Crippen LogP contribution in [0.3, 0.4) is 0 Å². The molecule has 28 heavy (non-hydrogen) atoms. The van der Waals surface area contributed by atoms with Crippen LogP contribution in [0.1, 0.15) is 0 Å². The molecule has 0 spiro atoms. The molecule has 4 aromatic rings. The number of hydrogen-bond acceptors (Lipinski definition) is 0. The summed E-state index contributed by atoms with van der Waals surface area (Å²) in [6.45, 7) is 0. The van der Waals surface area contributed by atoms with Crippen LogP contribution in [0.15, 0.2) is 121 Å². The molecule has 0 N–H and O–H groups in total. The van der Waals surface area contributed by atoms with Gasteiger partial charge in [-0.05, 0) is 22.3 Å². The second kappa shape index (κ2) is 17.5. The Kier molecular flexibility index (Phi) is 18.6. The van der Waals surface area contributed by atoms with Crippen LogP contribution in [0.2, 0.25) is 0 Å². The zero-order valence-electron chi connectivity index (χ0n) is 15.1. The molecule has 0 aliphatic rings. The monoisotopic (exact) mass is 741 g/mol. The fourth-order valence-corrected chi connectivity index (χ4v) is 2.52. The van der Waals surface area contributed by atoms with Crippen molar-refractivity contribution in [3.8, 4) is 22.3 Å². The van der Waals surface area contributed by atoms with Crippen molar-refractivity contribution in [3.63, 3.8) is 0 Å². The molecule has 0 fully saturated rings. The van der Waals surface area contributed by atoms with Crippen molar-refractivity contribution in [3.05, 3.63) is 121 Å². The molecule has 0 heterocycles. The zero-order chi connectivity index (χ0) is 16.5. The van der Waals surface area contributed by atoms with Crippen molar-refractivity contribution in [2.75, 3.05) is 0 Å². The van der Waals surface area contributed by atoms with Crippen LogP contribution in [0.25, 0.3) is 22.3 Å². The molecule has 4 aromatic carbocycles. The first-order valence-corrected chi connectivity index (χ1v) is 8.14. The van der Waals surface area contributed by atoms with E-state index >= 15 is 0 Å². The van der Waals surface area contributed by atoms with E-state index in [2.05, 4.69) is 97.1 Å². The van der Waals surface area contributed by atoms with E-state index in [1.807, 2.05) is 24.3 Å². The summed E-state index contributed by atoms with van der Waals surface area (Å²) in [4.78, 5) is 0. The van der Waals surface area contributed by atoms with Crippen molar-refractivity contribution in [1.29, 1.82) is 0 Å². The van der Waals surface area contributed by atoms with Gasteiger partial charge in [0.1, 0.15) is 0 Å². The average molecular weight is 741 g/mol. The van der Waals surface area contributed by atoms with E-state index in [4.69, 9.17) is 0 Å². The summed E-state index contributed by atoms with van der Waals surface area (Å²) in [6.07, 6.45) is 0. The van der Waals surface area contributed by atoms with E-state index in [1.54, 1.807) is 0 Å². The van der Waals surface area contributed by atoms with Gasteiger partial charge in [0, 0.05) is 0 Å². The SMILES string of the molecule is [Cr+3].[I-].[I-].[I-].c1ccc(-c2ccccc2)cc1.c1ccc(-c2ccccc2)cc1. The van der Waals surface area contributed by atoms with Crippen LogP contribution in [-0.4, -0.2) is 0 Å². The Morgan fingerprint density at radius 2 is 0.393 bits per heavy atom. The maximum atomic E-state index is 2.12. The predicted octanol–water partition coefficient (Wildman–Crippen LogP) is -2.28. The summed E-state index contributed by atoms with van der Waals surface area (Å²) in [5, 5.41) is 0. The predicted molar refractivity (Wildman–Crippen MR) is 104 cm³/mol. The molecular weight excluding hydrogens is 721 g/mol. The Morgan fingerprint density at radius 1 is 0.250 bits per heavy atom. The Bertz CT molecular complexity index is 690. The van der Waals surface area contributed by atoms with Crippen molar-refractivity contribution >= 4 is 0 Å². The molecule has 4 rings (SSSR count). The molecule has 1 radical (unpaired) electrons. The van der Waals surface area contributed by atoms with Gasteiger partial charge in [-0.2, -0.15) is 0 Å². The minimum absolute atomic E-state index is 0. The van der Waals surface area contributed by atoms with E-state index < -0.39 is 0 Å². The van der Waals surface area contributed by atoms with Crippen LogP contribution in [0.5, 0.6) is 0 Å². The third-order valence-electron chi connectivity index (χ3n) is 3.76. The second-order valence-corrected chi connectivity index (χ2v) is 5.46. The number of halogens is 3. The molecule has 0 aliphatic carbocycles. The third-order valence-corrected chi connectivity index (χ3v) is 3.76. The summed E-state index contributed by atoms with van der Waals surface area (Å²) in [6, 6.07) is 41.6. The molecule has 4 heteroatoms. The molecule has 0 bridgehead atoms. The fraction of sp³-hybridized carbons (Fsp3) is 0. The zero-order valence-corrected chi connectivity index (χ0v) is 22.8. The first-order valence-electron chi connectivity index (χ1n) is 8.14. The van der Waals surface area contributed by atoms with Crippen LogP contribution < -0.4 is 71.9 Å². The molecule has 0 aliphatic heterocycles. The summed E-state index contributed by atoms with van der Waals surface area (Å²) in [5.41, 5.74) is 5.10. The molecule has 0 aromatic heterocycles. The standard InChI is InChI=1S/2C12H10.Cr.3HI/c2*1-3-7-11(8-4-1)12-9-5-2-6-10-12;;;;/h2*1-10H;;3*1H/q;;+3;;;/p-3. The van der Waals surface area contributed by atoms with E-state index in [9.17, 15) is 0 Å². The summed E-state index contributed by atoms with van der Waals surface area (Å²) >= 11 is 0. The quantitative estimate of drug-likeness (QED) is 0.204. The van der Waals surface area contributed by atoms with Gasteiger partial charge in [0.15, 0.2) is 0 Å². The van der Waals surface area contributed by atoms with Gasteiger partial charge >= 0.3 is 17.4 Å². The van der Waals surface area contributed by atoms with Crippen molar-refractivity contribution in [2.45, 2.75) is 0 Å². The van der Waals surface area contributed by atoms with Gasteiger partial charge in [-0.1, -0.05) is 121 Å². The van der Waals surface area contributed by atoms with Crippen LogP contribution >= 0.6 is 0 Å². The largest absolute Gasteiger partial charge is 3.00 e. The normalized spacial score (nSPS) is 8.29. The number of hydrogen-bond donors (Lipinski definition) is 0. The number of benzene rings is 4. The van der Waals surface area contributed by atoms with Crippen LogP contribution in [0.4, 0.5) is 0 Å². The smallest absolute Gasteiger partial charge is 1.00 e. The van der Waals surface area contributed by atoms with Crippen molar-refractivity contribution in [2.24, 2.45) is 0 Å². The topological polar surface area (TPSA) is 0 Å². The first kappa shape index (κ1) is 29.8. The van der Waals surface area contributed by atoms with Gasteiger partial charge in [0.25, 0.3) is 0 Å². The van der Waals surface area contributed by atoms with Gasteiger partial charge in [0.2, 0.25) is 0 Å². The van der Waals surface area contributed by atoms with Gasteiger partial charge in [-0.3, -0.25) is 0 Å². The maximum absolute atomic E-state index is 2.12. The van der Waals surface area contributed by atoms with E-state index in [-0.39, 0.29) is 89.3 Å². The van der Waals surface area contributed by atoms with Gasteiger partial charge < -0.3 is 71.9 Å². The van der Waals surface area contributed by atoms with Gasteiger partial charge in [-0.15, -0.1) is 0 Å². The van der Waals surface area contributed by atoms with Crippen LogP contribution in [-0.2, 0) is 17.4 Å². The number of rotatable bonds is 2. The molecule has 0 atom stereocenters. The molecule has 0 unspecified atom stereocenters. The Morgan fingerprint density at radius 3 is 0.536 bits per heavy atom. The Balaban J connectivity index is 0. The minimum atomic E-state index is 0. The molecule has 0 amide bonds. The van der Waals surface area contributed by atoms with Crippen molar-refractivity contribution < 1.29 is 89.3 Å². The molecule has 143 valence electrons. The molecule has 0 saturated heterocycles. The second-order valence-electron chi connectivity index (χ2n) is 5.46. The summed E-state index contributed by atoms with van der Waals surface area (Å²) < 4.78 is 0. The summed E-state index contributed by atoms with van der Waals surface area (Å²) in [7, 11) is 0. The maximum Gasteiger partial charge on any atom is 3.00 e. The van der Waals surface area contributed by atoms with Gasteiger partial charge in [0.05, 0.1) is 0 Å². The summed E-state index contributed by atoms with van der Waals surface area (Å²) in [5.74, 6) is 0.